The standard InChI is InChI=1S/C16H12ClN7O2/c17-14-18-7-11-23(14)10-4-2-1-3-9(10)12-19-8-22(24(11)12)15-20-13(21-26-15)16(25)5-6-16/h1-4,7-8,12,25H,5-6H2. The zero-order valence-corrected chi connectivity index (χ0v) is 14.1. The number of nitrogens with zero attached hydrogens (tertiary/aromatic N) is 7. The molecule has 1 fully saturated rings. The number of hydrogen-bond acceptors (Lipinski definition) is 8. The van der Waals surface area contributed by atoms with Crippen molar-refractivity contribution < 1.29 is 9.63 Å². The summed E-state index contributed by atoms with van der Waals surface area (Å²) in [5.74, 6) is 1.04. The summed E-state index contributed by atoms with van der Waals surface area (Å²) in [7, 11) is 0. The summed E-state index contributed by atoms with van der Waals surface area (Å²) >= 11 is 6.32. The Balaban J connectivity index is 1.49. The molecule has 0 radical (unpaired) electrons. The summed E-state index contributed by atoms with van der Waals surface area (Å²) in [6, 6.07) is 8.12. The number of rotatable bonds is 2. The lowest BCUT2D eigenvalue weighted by Gasteiger charge is -2.35. The highest BCUT2D eigenvalue weighted by Gasteiger charge is 2.48. The van der Waals surface area contributed by atoms with Crippen LogP contribution in [-0.4, -0.2) is 31.1 Å². The molecule has 130 valence electrons. The first-order valence-electron chi connectivity index (χ1n) is 8.16. The Morgan fingerprint density at radius 1 is 1.27 bits per heavy atom. The van der Waals surface area contributed by atoms with E-state index in [4.69, 9.17) is 16.1 Å². The molecule has 3 aliphatic rings. The van der Waals surface area contributed by atoms with Gasteiger partial charge in [-0.05, 0) is 30.5 Å². The number of aliphatic hydroxyl groups is 1. The highest BCUT2D eigenvalue weighted by atomic mass is 35.5. The van der Waals surface area contributed by atoms with Crippen molar-refractivity contribution in [3.05, 3.63) is 47.1 Å². The number of fused-ring (bicyclic) bond motifs is 6. The molecule has 1 aliphatic carbocycles. The number of imidazole rings is 1. The van der Waals surface area contributed by atoms with Crippen LogP contribution in [0.5, 0.6) is 0 Å². The summed E-state index contributed by atoms with van der Waals surface area (Å²) < 4.78 is 7.23. The van der Waals surface area contributed by atoms with Crippen LogP contribution in [0.2, 0.25) is 5.28 Å². The number of halogens is 1. The molecule has 1 saturated carbocycles. The van der Waals surface area contributed by atoms with Crippen molar-refractivity contribution in [3.63, 3.8) is 0 Å². The fraction of sp³-hybridized carbons (Fsp3) is 0.250. The molecule has 0 amide bonds. The Morgan fingerprint density at radius 3 is 2.96 bits per heavy atom. The van der Waals surface area contributed by atoms with Crippen molar-refractivity contribution in [1.29, 1.82) is 0 Å². The summed E-state index contributed by atoms with van der Waals surface area (Å²) in [5, 5.41) is 18.0. The molecule has 3 aromatic rings. The predicted octanol–water partition coefficient (Wildman–Crippen LogP) is 2.17. The predicted molar refractivity (Wildman–Crippen MR) is 92.2 cm³/mol. The Morgan fingerprint density at radius 2 is 2.12 bits per heavy atom. The van der Waals surface area contributed by atoms with E-state index in [1.807, 2.05) is 33.8 Å². The van der Waals surface area contributed by atoms with Crippen molar-refractivity contribution in [3.8, 4) is 5.69 Å². The third-order valence-electron chi connectivity index (χ3n) is 4.92. The Hall–Kier alpha value is -2.91. The van der Waals surface area contributed by atoms with Crippen LogP contribution in [0.25, 0.3) is 5.69 Å². The van der Waals surface area contributed by atoms with Crippen molar-refractivity contribution in [2.75, 3.05) is 10.0 Å². The smallest absolute Gasteiger partial charge is 0.348 e. The Kier molecular flexibility index (Phi) is 2.54. The molecule has 1 aromatic carbocycles. The Bertz CT molecular complexity index is 1070. The minimum atomic E-state index is -0.961. The van der Waals surface area contributed by atoms with Crippen LogP contribution in [0.4, 0.5) is 11.8 Å². The van der Waals surface area contributed by atoms with E-state index in [1.54, 1.807) is 17.5 Å². The van der Waals surface area contributed by atoms with Crippen LogP contribution in [0, 0.1) is 0 Å². The summed E-state index contributed by atoms with van der Waals surface area (Å²) in [6.07, 6.45) is 4.31. The second kappa shape index (κ2) is 4.63. The maximum Gasteiger partial charge on any atom is 0.348 e. The van der Waals surface area contributed by atoms with Crippen LogP contribution < -0.4 is 10.0 Å². The molecule has 0 bridgehead atoms. The number of anilines is 2. The fourth-order valence-electron chi connectivity index (χ4n) is 3.41. The third-order valence-corrected chi connectivity index (χ3v) is 5.19. The summed E-state index contributed by atoms with van der Waals surface area (Å²) in [5.41, 5.74) is 0.959. The maximum absolute atomic E-state index is 10.2. The molecule has 0 saturated heterocycles. The van der Waals surface area contributed by atoms with Gasteiger partial charge in [0.25, 0.3) is 0 Å². The van der Waals surface area contributed by atoms with Crippen LogP contribution in [0.15, 0.2) is 40.0 Å². The van der Waals surface area contributed by atoms with E-state index in [-0.39, 0.29) is 12.2 Å². The first-order valence-corrected chi connectivity index (χ1v) is 8.54. The lowest BCUT2D eigenvalue weighted by Crippen LogP contribution is -2.42. The van der Waals surface area contributed by atoms with E-state index in [9.17, 15) is 5.11 Å². The maximum atomic E-state index is 10.2. The van der Waals surface area contributed by atoms with Gasteiger partial charge in [-0.15, -0.1) is 0 Å². The second-order valence-corrected chi connectivity index (χ2v) is 6.88. The number of aliphatic imine (C=N–C) groups is 1. The van der Waals surface area contributed by atoms with Crippen molar-refractivity contribution in [1.82, 2.24) is 19.7 Å². The molecule has 10 heteroatoms. The lowest BCUT2D eigenvalue weighted by molar-refractivity contribution is 0.137. The first-order chi connectivity index (χ1) is 12.7. The topological polar surface area (TPSA) is 95.8 Å². The van der Waals surface area contributed by atoms with Gasteiger partial charge in [-0.3, -0.25) is 4.57 Å². The van der Waals surface area contributed by atoms with Crippen LogP contribution >= 0.6 is 11.6 Å². The van der Waals surface area contributed by atoms with Gasteiger partial charge in [0.1, 0.15) is 11.9 Å². The van der Waals surface area contributed by atoms with E-state index in [0.29, 0.717) is 23.9 Å². The number of hydrazine groups is 1. The van der Waals surface area contributed by atoms with Crippen molar-refractivity contribution in [2.24, 2.45) is 4.99 Å². The first kappa shape index (κ1) is 14.3. The normalized spacial score (nSPS) is 21.5. The molecule has 1 N–H and O–H groups in total. The zero-order chi connectivity index (χ0) is 17.5. The lowest BCUT2D eigenvalue weighted by atomic mass is 10.1. The number of hydrogen-bond donors (Lipinski definition) is 1. The van der Waals surface area contributed by atoms with E-state index >= 15 is 0 Å². The van der Waals surface area contributed by atoms with Gasteiger partial charge in [-0.25, -0.2) is 15.0 Å². The number of aromatic nitrogens is 4. The molecule has 9 nitrogen and oxygen atoms in total. The SMILES string of the molecule is OC1(c2noc(N3C=NC4c5ccccc5-n5c(cnc5Cl)N43)n2)CC1. The van der Waals surface area contributed by atoms with Gasteiger partial charge in [0.05, 0.1) is 11.9 Å². The van der Waals surface area contributed by atoms with Gasteiger partial charge in [-0.1, -0.05) is 23.4 Å². The largest absolute Gasteiger partial charge is 0.382 e. The van der Waals surface area contributed by atoms with E-state index < -0.39 is 5.60 Å². The summed E-state index contributed by atoms with van der Waals surface area (Å²) in [4.78, 5) is 13.2. The van der Waals surface area contributed by atoms with Crippen LogP contribution in [-0.2, 0) is 5.60 Å². The van der Waals surface area contributed by atoms with Crippen LogP contribution in [0.1, 0.15) is 30.4 Å². The van der Waals surface area contributed by atoms with Gasteiger partial charge in [0.2, 0.25) is 11.1 Å². The second-order valence-electron chi connectivity index (χ2n) is 6.54. The number of benzene rings is 1. The van der Waals surface area contributed by atoms with Gasteiger partial charge in [-0.2, -0.15) is 9.99 Å². The minimum Gasteiger partial charge on any atom is -0.382 e. The van der Waals surface area contributed by atoms with E-state index in [0.717, 1.165) is 17.1 Å². The fourth-order valence-corrected chi connectivity index (χ4v) is 3.63. The van der Waals surface area contributed by atoms with E-state index in [1.165, 1.54) is 0 Å². The van der Waals surface area contributed by atoms with Gasteiger partial charge in [0.15, 0.2) is 12.0 Å². The zero-order valence-electron chi connectivity index (χ0n) is 13.3. The molecule has 2 aromatic heterocycles. The monoisotopic (exact) mass is 369 g/mol. The number of para-hydroxylation sites is 1. The molecular formula is C16H12ClN7O2. The Labute approximate surface area is 152 Å². The highest BCUT2D eigenvalue weighted by molar-refractivity contribution is 6.29. The molecule has 26 heavy (non-hydrogen) atoms. The highest BCUT2D eigenvalue weighted by Crippen LogP contribution is 2.46. The molecule has 1 atom stereocenters. The quantitative estimate of drug-likeness (QED) is 0.739. The summed E-state index contributed by atoms with van der Waals surface area (Å²) in [6.45, 7) is 0. The minimum absolute atomic E-state index is 0.231. The molecule has 4 heterocycles. The van der Waals surface area contributed by atoms with Gasteiger partial charge < -0.3 is 9.63 Å². The average Bonchev–Trinajstić information content (AvgIpc) is 3.06. The van der Waals surface area contributed by atoms with Crippen LogP contribution in [0.3, 0.4) is 0 Å². The third kappa shape index (κ3) is 1.73. The molecule has 0 spiro atoms. The molecule has 6 rings (SSSR count). The van der Waals surface area contributed by atoms with Crippen molar-refractivity contribution in [2.45, 2.75) is 24.6 Å². The van der Waals surface area contributed by atoms with Gasteiger partial charge >= 0.3 is 6.01 Å². The molecule has 2 aliphatic heterocycles. The van der Waals surface area contributed by atoms with Crippen molar-refractivity contribution >= 4 is 29.8 Å². The molecule has 1 unspecified atom stereocenters. The van der Waals surface area contributed by atoms with E-state index in [2.05, 4.69) is 20.1 Å². The van der Waals surface area contributed by atoms with Gasteiger partial charge in [0, 0.05) is 5.56 Å². The average molecular weight is 370 g/mol. The molecular weight excluding hydrogens is 358 g/mol.